The van der Waals surface area contributed by atoms with E-state index in [-0.39, 0.29) is 57.2 Å². The van der Waals surface area contributed by atoms with Crippen LogP contribution >= 0.6 is 15.7 Å². The SMILES string of the molecule is F[P-](F)(F)(F)(F)F.[Au+3].[Au+].[Cl-].c1ccc(-c2nc3ccccc3[nH]2)nc1.c1ccc(P(c2ccccc2)c2ccccc2)cc1. The Bertz CT molecular complexity index is 1550. The normalized spacial score (nSPS) is 11.9. The second kappa shape index (κ2) is 16.3. The summed E-state index contributed by atoms with van der Waals surface area (Å²) in [6, 6.07) is 46.1. The maximum absolute atomic E-state index is 10.7. The number of rotatable bonds is 4. The van der Waals surface area contributed by atoms with E-state index in [2.05, 4.69) is 106 Å². The van der Waals surface area contributed by atoms with Crippen molar-refractivity contribution < 1.29 is 82.3 Å². The molecule has 0 aliphatic rings. The fourth-order valence-electron chi connectivity index (χ4n) is 3.76. The second-order valence-corrected chi connectivity index (χ2v) is 12.8. The molecule has 44 heavy (non-hydrogen) atoms. The molecule has 0 saturated carbocycles. The molecule has 2 aromatic heterocycles. The number of H-pyrrole nitrogens is 1. The number of nitrogens with one attached hydrogen (secondary N) is 1. The van der Waals surface area contributed by atoms with E-state index in [4.69, 9.17) is 0 Å². The minimum atomic E-state index is -10.7. The van der Waals surface area contributed by atoms with Crippen LogP contribution in [0.3, 0.4) is 0 Å². The third-order valence-corrected chi connectivity index (χ3v) is 7.78. The van der Waals surface area contributed by atoms with Crippen molar-refractivity contribution in [3.05, 3.63) is 140 Å². The summed E-state index contributed by atoms with van der Waals surface area (Å²) in [5.74, 6) is 0.816. The number of imidazole rings is 1. The van der Waals surface area contributed by atoms with E-state index in [0.717, 1.165) is 22.6 Å². The number of aromatic nitrogens is 3. The monoisotopic (exact) mass is 1030 g/mol. The van der Waals surface area contributed by atoms with E-state index < -0.39 is 15.7 Å². The molecule has 2 heterocycles. The van der Waals surface area contributed by atoms with Gasteiger partial charge in [-0.2, -0.15) is 0 Å². The smallest absolute Gasteiger partial charge is 1.00 e. The molecule has 6 rings (SSSR count). The number of para-hydroxylation sites is 2. The van der Waals surface area contributed by atoms with Gasteiger partial charge in [0.25, 0.3) is 0 Å². The van der Waals surface area contributed by atoms with Crippen LogP contribution in [-0.4, -0.2) is 15.0 Å². The molecule has 0 amide bonds. The summed E-state index contributed by atoms with van der Waals surface area (Å²) >= 11 is 0. The van der Waals surface area contributed by atoms with Gasteiger partial charge >= 0.3 is 77.8 Å². The molecule has 14 heteroatoms. The molecule has 0 unspecified atom stereocenters. The van der Waals surface area contributed by atoms with Gasteiger partial charge in [0.15, 0.2) is 5.82 Å². The van der Waals surface area contributed by atoms with Gasteiger partial charge in [-0.25, -0.2) is 4.98 Å². The molecule has 238 valence electrons. The van der Waals surface area contributed by atoms with Gasteiger partial charge in [0.2, 0.25) is 0 Å². The molecular formula is C30H24Au2ClF6N3P2+2. The van der Waals surface area contributed by atoms with Gasteiger partial charge in [-0.15, -0.1) is 0 Å². The van der Waals surface area contributed by atoms with E-state index in [1.807, 2.05) is 42.5 Å². The topological polar surface area (TPSA) is 41.6 Å². The van der Waals surface area contributed by atoms with Crippen molar-refractivity contribution in [1.29, 1.82) is 0 Å². The van der Waals surface area contributed by atoms with Crippen molar-refractivity contribution in [2.45, 2.75) is 0 Å². The molecule has 0 atom stereocenters. The Balaban J connectivity index is 0.000000349. The summed E-state index contributed by atoms with van der Waals surface area (Å²) in [5.41, 5.74) is 2.88. The number of fused-ring (bicyclic) bond motifs is 1. The Hall–Kier alpha value is -2.29. The van der Waals surface area contributed by atoms with Gasteiger partial charge in [-0.1, -0.05) is 109 Å². The summed E-state index contributed by atoms with van der Waals surface area (Å²) in [4.78, 5) is 12.0. The van der Waals surface area contributed by atoms with Crippen molar-refractivity contribution in [2.75, 3.05) is 0 Å². The third kappa shape index (κ3) is 14.2. The summed E-state index contributed by atoms with van der Waals surface area (Å²) in [6.45, 7) is 0. The Morgan fingerprint density at radius 2 is 0.932 bits per heavy atom. The minimum absolute atomic E-state index is 0. The maximum atomic E-state index is 9.87. The van der Waals surface area contributed by atoms with Crippen LogP contribution in [0.15, 0.2) is 140 Å². The van der Waals surface area contributed by atoms with Crippen molar-refractivity contribution in [2.24, 2.45) is 0 Å². The number of nitrogens with zero attached hydrogens (tertiary/aromatic N) is 2. The number of hydrogen-bond acceptors (Lipinski definition) is 2. The molecule has 0 aliphatic heterocycles. The summed E-state index contributed by atoms with van der Waals surface area (Å²) in [5, 5.41) is 4.19. The molecule has 0 fully saturated rings. The molecule has 4 aromatic carbocycles. The Morgan fingerprint density at radius 3 is 1.32 bits per heavy atom. The molecule has 1 N–H and O–H groups in total. The predicted molar refractivity (Wildman–Crippen MR) is 158 cm³/mol. The fraction of sp³-hybridized carbons (Fsp3) is 0. The quantitative estimate of drug-likeness (QED) is 0.126. The average molecular weight is 1030 g/mol. The van der Waals surface area contributed by atoms with E-state index >= 15 is 0 Å². The van der Waals surface area contributed by atoms with Gasteiger partial charge < -0.3 is 17.4 Å². The molecule has 0 saturated heterocycles. The van der Waals surface area contributed by atoms with Crippen LogP contribution in [0.5, 0.6) is 0 Å². The molecule has 3 nitrogen and oxygen atoms in total. The van der Waals surface area contributed by atoms with Crippen molar-refractivity contribution in [3.8, 4) is 11.5 Å². The van der Waals surface area contributed by atoms with E-state index in [0.29, 0.717) is 0 Å². The second-order valence-electron chi connectivity index (χ2n) is 8.62. The molecule has 0 bridgehead atoms. The van der Waals surface area contributed by atoms with Crippen molar-refractivity contribution in [1.82, 2.24) is 15.0 Å². The van der Waals surface area contributed by atoms with E-state index in [1.54, 1.807) is 6.20 Å². The fourth-order valence-corrected chi connectivity index (χ4v) is 6.06. The van der Waals surface area contributed by atoms with Crippen LogP contribution in [0, 0.1) is 0 Å². The molecule has 0 aliphatic carbocycles. The number of aromatic amines is 1. The Labute approximate surface area is 289 Å². The van der Waals surface area contributed by atoms with Crippen LogP contribution in [-0.2, 0) is 44.8 Å². The van der Waals surface area contributed by atoms with Crippen LogP contribution in [0.1, 0.15) is 0 Å². The van der Waals surface area contributed by atoms with Gasteiger partial charge in [-0.05, 0) is 48.1 Å². The third-order valence-electron chi connectivity index (χ3n) is 5.34. The molecular weight excluding hydrogens is 1010 g/mol. The zero-order valence-electron chi connectivity index (χ0n) is 22.3. The minimum Gasteiger partial charge on any atom is -1.00 e. The first-order valence-corrected chi connectivity index (χ1v) is 15.6. The van der Waals surface area contributed by atoms with Crippen LogP contribution < -0.4 is 28.3 Å². The first-order valence-electron chi connectivity index (χ1n) is 12.2. The zero-order chi connectivity index (χ0) is 29.4. The van der Waals surface area contributed by atoms with Crippen LogP contribution in [0.2, 0.25) is 0 Å². The number of pyridine rings is 1. The standard InChI is InChI=1S/C18H15P.C12H9N3.2Au.ClH.F6P/c1-4-10-16(11-5-1)19(17-12-6-2-7-13-17)18-14-8-3-9-15-18;1-2-6-10-9(5-1)14-12(15-10)11-7-3-4-8-13-11;;;;1-7(2,3,4,5)6/h1-15H;1-8H,(H,14,15);;;1H;/q;;+1;+3;;-1/p-1. The first kappa shape index (κ1) is 39.7. The number of hydrogen-bond donors (Lipinski definition) is 1. The number of halogens is 7. The maximum Gasteiger partial charge on any atom is 3.00 e. The summed E-state index contributed by atoms with van der Waals surface area (Å²) in [6.07, 6.45) is 1.77. The van der Waals surface area contributed by atoms with Crippen molar-refractivity contribution in [3.63, 3.8) is 0 Å². The Morgan fingerprint density at radius 1 is 0.545 bits per heavy atom. The largest absolute Gasteiger partial charge is 3.00 e. The van der Waals surface area contributed by atoms with E-state index in [1.165, 1.54) is 15.9 Å². The van der Waals surface area contributed by atoms with Gasteiger partial charge in [0, 0.05) is 6.20 Å². The Kier molecular flexibility index (Phi) is 14.7. The first-order chi connectivity index (χ1) is 19.3. The number of benzene rings is 4. The van der Waals surface area contributed by atoms with E-state index in [9.17, 15) is 25.2 Å². The summed E-state index contributed by atoms with van der Waals surface area (Å²) < 4.78 is 59.2. The van der Waals surface area contributed by atoms with Crippen molar-refractivity contribution >= 4 is 42.7 Å². The van der Waals surface area contributed by atoms with Crippen LogP contribution in [0.25, 0.3) is 22.6 Å². The molecule has 6 aromatic rings. The average Bonchev–Trinajstić information content (AvgIpc) is 3.39. The van der Waals surface area contributed by atoms with Gasteiger partial charge in [0.05, 0.1) is 11.0 Å². The molecule has 0 radical (unpaired) electrons. The van der Waals surface area contributed by atoms with Gasteiger partial charge in [0.1, 0.15) is 5.69 Å². The van der Waals surface area contributed by atoms with Crippen LogP contribution in [0.4, 0.5) is 25.2 Å². The predicted octanol–water partition coefficient (Wildman–Crippen LogP) is 6.45. The van der Waals surface area contributed by atoms with Gasteiger partial charge in [-0.3, -0.25) is 4.98 Å². The zero-order valence-corrected chi connectivity index (χ0v) is 29.2. The molecule has 0 spiro atoms. The summed E-state index contributed by atoms with van der Waals surface area (Å²) in [7, 11) is -11.1.